The second kappa shape index (κ2) is 8.58. The fourth-order valence-corrected chi connectivity index (χ4v) is 4.44. The molecule has 3 aromatic rings. The highest BCUT2D eigenvalue weighted by Crippen LogP contribution is 2.33. The van der Waals surface area contributed by atoms with Crippen LogP contribution in [0.3, 0.4) is 0 Å². The van der Waals surface area contributed by atoms with E-state index in [-0.39, 0.29) is 17.6 Å². The number of hydrogen-bond donors (Lipinski definition) is 2. The molecule has 0 radical (unpaired) electrons. The van der Waals surface area contributed by atoms with Gasteiger partial charge in [-0.3, -0.25) is 20.4 Å². The number of benzene rings is 1. The lowest BCUT2D eigenvalue weighted by molar-refractivity contribution is -0.122. The standard InChI is InChI=1S/C19H21N3O3S2/c1-11(2)8-16(23)21-22-18(24)17-14(10-27-19-20-12(3)9-26-19)13-6-4-5-7-15(13)25-17/h4-7,9,11H,8,10H2,1-3H3,(H,21,23)(H,22,24). The van der Waals surface area contributed by atoms with Gasteiger partial charge in [0, 0.05) is 34.2 Å². The number of nitrogens with zero attached hydrogens (tertiary/aromatic N) is 1. The first-order chi connectivity index (χ1) is 12.9. The van der Waals surface area contributed by atoms with Gasteiger partial charge < -0.3 is 4.42 Å². The number of aryl methyl sites for hydroxylation is 1. The smallest absolute Gasteiger partial charge is 0.305 e. The quantitative estimate of drug-likeness (QED) is 0.474. The third-order valence-electron chi connectivity index (χ3n) is 3.75. The first-order valence-corrected chi connectivity index (χ1v) is 10.4. The number of fused-ring (bicyclic) bond motifs is 1. The van der Waals surface area contributed by atoms with Crippen molar-refractivity contribution in [2.24, 2.45) is 5.92 Å². The van der Waals surface area contributed by atoms with Crippen molar-refractivity contribution in [1.29, 1.82) is 0 Å². The van der Waals surface area contributed by atoms with Crippen LogP contribution in [-0.2, 0) is 10.5 Å². The van der Waals surface area contributed by atoms with E-state index in [2.05, 4.69) is 15.8 Å². The Labute approximate surface area is 165 Å². The summed E-state index contributed by atoms with van der Waals surface area (Å²) < 4.78 is 6.71. The van der Waals surface area contributed by atoms with Gasteiger partial charge in [-0.25, -0.2) is 4.98 Å². The van der Waals surface area contributed by atoms with Crippen molar-refractivity contribution < 1.29 is 14.0 Å². The first-order valence-electron chi connectivity index (χ1n) is 8.58. The summed E-state index contributed by atoms with van der Waals surface area (Å²) >= 11 is 3.13. The summed E-state index contributed by atoms with van der Waals surface area (Å²) in [5, 5.41) is 2.88. The van der Waals surface area contributed by atoms with E-state index in [9.17, 15) is 9.59 Å². The molecule has 142 valence electrons. The number of thiazole rings is 1. The molecule has 3 rings (SSSR count). The highest BCUT2D eigenvalue weighted by Gasteiger charge is 2.21. The maximum atomic E-state index is 12.6. The SMILES string of the molecule is Cc1csc(SCc2c(C(=O)NNC(=O)CC(C)C)oc3ccccc23)n1. The van der Waals surface area contributed by atoms with Crippen LogP contribution in [0.5, 0.6) is 0 Å². The van der Waals surface area contributed by atoms with E-state index in [1.54, 1.807) is 23.1 Å². The lowest BCUT2D eigenvalue weighted by atomic mass is 10.1. The molecule has 6 nitrogen and oxygen atoms in total. The molecule has 1 aromatic carbocycles. The van der Waals surface area contributed by atoms with E-state index in [1.807, 2.05) is 50.4 Å². The molecular weight excluding hydrogens is 382 g/mol. The van der Waals surface area contributed by atoms with Gasteiger partial charge in [-0.2, -0.15) is 0 Å². The van der Waals surface area contributed by atoms with Crippen LogP contribution in [0.25, 0.3) is 11.0 Å². The fraction of sp³-hybridized carbons (Fsp3) is 0.316. The monoisotopic (exact) mass is 403 g/mol. The van der Waals surface area contributed by atoms with E-state index in [4.69, 9.17) is 4.42 Å². The van der Waals surface area contributed by atoms with Crippen LogP contribution in [0.2, 0.25) is 0 Å². The average molecular weight is 404 g/mol. The van der Waals surface area contributed by atoms with Crippen LogP contribution >= 0.6 is 23.1 Å². The minimum Gasteiger partial charge on any atom is -0.451 e. The van der Waals surface area contributed by atoms with Gasteiger partial charge in [0.05, 0.1) is 0 Å². The zero-order valence-electron chi connectivity index (χ0n) is 15.4. The largest absolute Gasteiger partial charge is 0.451 e. The highest BCUT2D eigenvalue weighted by molar-refractivity contribution is 8.00. The van der Waals surface area contributed by atoms with E-state index < -0.39 is 5.91 Å². The third kappa shape index (κ3) is 4.90. The molecule has 0 fully saturated rings. The zero-order valence-corrected chi connectivity index (χ0v) is 17.0. The number of aromatic nitrogens is 1. The normalized spacial score (nSPS) is 11.1. The molecule has 2 amide bonds. The molecule has 2 N–H and O–H groups in total. The molecule has 0 unspecified atom stereocenters. The Morgan fingerprint density at radius 2 is 2.04 bits per heavy atom. The summed E-state index contributed by atoms with van der Waals surface area (Å²) in [6, 6.07) is 7.52. The van der Waals surface area contributed by atoms with Gasteiger partial charge in [0.15, 0.2) is 5.76 Å². The average Bonchev–Trinajstić information content (AvgIpc) is 3.20. The van der Waals surface area contributed by atoms with Crippen LogP contribution in [0.4, 0.5) is 0 Å². The third-order valence-corrected chi connectivity index (χ3v) is 5.92. The second-order valence-corrected chi connectivity index (χ2v) is 8.63. The topological polar surface area (TPSA) is 84.2 Å². The Bertz CT molecular complexity index is 962. The van der Waals surface area contributed by atoms with Crippen molar-refractivity contribution in [1.82, 2.24) is 15.8 Å². The number of amides is 2. The maximum absolute atomic E-state index is 12.6. The Balaban J connectivity index is 1.79. The van der Waals surface area contributed by atoms with E-state index in [0.29, 0.717) is 17.8 Å². The van der Waals surface area contributed by atoms with Gasteiger partial charge in [-0.15, -0.1) is 11.3 Å². The summed E-state index contributed by atoms with van der Waals surface area (Å²) in [6.45, 7) is 5.83. The molecule has 0 aliphatic heterocycles. The Hall–Kier alpha value is -2.32. The molecule has 0 atom stereocenters. The number of para-hydroxylation sites is 1. The number of nitrogens with one attached hydrogen (secondary N) is 2. The minimum absolute atomic E-state index is 0.210. The molecule has 0 spiro atoms. The molecule has 0 aliphatic rings. The van der Waals surface area contributed by atoms with Crippen LogP contribution in [0, 0.1) is 12.8 Å². The number of hydrogen-bond acceptors (Lipinski definition) is 6. The summed E-state index contributed by atoms with van der Waals surface area (Å²) in [7, 11) is 0. The second-order valence-electron chi connectivity index (χ2n) is 6.55. The van der Waals surface area contributed by atoms with E-state index >= 15 is 0 Å². The van der Waals surface area contributed by atoms with Crippen molar-refractivity contribution in [3.63, 3.8) is 0 Å². The maximum Gasteiger partial charge on any atom is 0.305 e. The van der Waals surface area contributed by atoms with Crippen LogP contribution in [-0.4, -0.2) is 16.8 Å². The summed E-state index contributed by atoms with van der Waals surface area (Å²) in [5.41, 5.74) is 7.31. The van der Waals surface area contributed by atoms with Gasteiger partial charge >= 0.3 is 5.91 Å². The van der Waals surface area contributed by atoms with E-state index in [1.165, 1.54) is 0 Å². The number of furan rings is 1. The number of thioether (sulfide) groups is 1. The Morgan fingerprint density at radius 1 is 1.26 bits per heavy atom. The van der Waals surface area contributed by atoms with Gasteiger partial charge in [-0.05, 0) is 18.9 Å². The fourth-order valence-electron chi connectivity index (χ4n) is 2.56. The summed E-state index contributed by atoms with van der Waals surface area (Å²) in [4.78, 5) is 28.8. The Morgan fingerprint density at radius 3 is 2.74 bits per heavy atom. The number of carbonyl (C=O) groups excluding carboxylic acids is 2. The molecule has 2 aromatic heterocycles. The van der Waals surface area contributed by atoms with Crippen molar-refractivity contribution in [3.05, 3.63) is 46.7 Å². The Kier molecular flexibility index (Phi) is 6.18. The highest BCUT2D eigenvalue weighted by atomic mass is 32.2. The number of rotatable bonds is 6. The molecule has 2 heterocycles. The molecule has 0 aliphatic carbocycles. The van der Waals surface area contributed by atoms with Crippen molar-refractivity contribution >= 4 is 45.9 Å². The lowest BCUT2D eigenvalue weighted by Gasteiger charge is -2.08. The summed E-state index contributed by atoms with van der Waals surface area (Å²) in [5.74, 6) is 0.272. The van der Waals surface area contributed by atoms with Crippen LogP contribution < -0.4 is 10.9 Å². The predicted octanol–water partition coefficient (Wildman–Crippen LogP) is 4.30. The molecule has 27 heavy (non-hydrogen) atoms. The van der Waals surface area contributed by atoms with Crippen LogP contribution in [0.1, 0.15) is 42.1 Å². The molecule has 0 saturated carbocycles. The van der Waals surface area contributed by atoms with Crippen molar-refractivity contribution in [3.8, 4) is 0 Å². The molecule has 0 bridgehead atoms. The number of carbonyl (C=O) groups is 2. The number of hydrazine groups is 1. The van der Waals surface area contributed by atoms with Crippen molar-refractivity contribution in [2.75, 3.05) is 0 Å². The van der Waals surface area contributed by atoms with Gasteiger partial charge in [0.25, 0.3) is 0 Å². The zero-order chi connectivity index (χ0) is 19.4. The van der Waals surface area contributed by atoms with Crippen LogP contribution in [0.15, 0.2) is 38.4 Å². The minimum atomic E-state index is -0.464. The molecule has 8 heteroatoms. The summed E-state index contributed by atoms with van der Waals surface area (Å²) in [6.07, 6.45) is 0.340. The lowest BCUT2D eigenvalue weighted by Crippen LogP contribution is -2.42. The molecule has 0 saturated heterocycles. The van der Waals surface area contributed by atoms with E-state index in [0.717, 1.165) is 21.0 Å². The molecular formula is C19H21N3O3S2. The first kappa shape index (κ1) is 19.4. The van der Waals surface area contributed by atoms with Gasteiger partial charge in [-0.1, -0.05) is 43.8 Å². The predicted molar refractivity (Wildman–Crippen MR) is 108 cm³/mol. The van der Waals surface area contributed by atoms with Gasteiger partial charge in [0.2, 0.25) is 5.91 Å². The van der Waals surface area contributed by atoms with Crippen molar-refractivity contribution in [2.45, 2.75) is 37.3 Å². The van der Waals surface area contributed by atoms with Gasteiger partial charge in [0.1, 0.15) is 9.92 Å².